The molecule has 7 nitrogen and oxygen atoms in total. The Kier molecular flexibility index (Phi) is 6.28. The zero-order chi connectivity index (χ0) is 22.7. The smallest absolute Gasteiger partial charge is 0.249 e. The van der Waals surface area contributed by atoms with Crippen LogP contribution in [0.5, 0.6) is 0 Å². The van der Waals surface area contributed by atoms with Crippen LogP contribution in [0.1, 0.15) is 25.3 Å². The predicted molar refractivity (Wildman–Crippen MR) is 126 cm³/mol. The number of likely N-dealkylation sites (tertiary alicyclic amines) is 1. The summed E-state index contributed by atoms with van der Waals surface area (Å²) in [6.45, 7) is 4.93. The number of nitrogens with two attached hydrogens (primary N) is 1. The average Bonchev–Trinajstić information content (AvgIpc) is 2.79. The van der Waals surface area contributed by atoms with Gasteiger partial charge in [0.15, 0.2) is 0 Å². The fraction of sp³-hybridized carbons (Fsp3) is 0.280. The molecule has 2 aromatic heterocycles. The molecule has 0 bridgehead atoms. The number of nitrogens with zero attached hydrogens (tertiary/aromatic N) is 3. The van der Waals surface area contributed by atoms with Crippen molar-refractivity contribution >= 4 is 28.4 Å². The molecular weight excluding hydrogens is 402 g/mol. The lowest BCUT2D eigenvalue weighted by Gasteiger charge is -2.29. The van der Waals surface area contributed by atoms with E-state index in [1.807, 2.05) is 24.4 Å². The Balaban J connectivity index is 1.46. The van der Waals surface area contributed by atoms with Gasteiger partial charge < -0.3 is 16.0 Å². The third-order valence-corrected chi connectivity index (χ3v) is 5.77. The number of amides is 2. The van der Waals surface area contributed by atoms with Gasteiger partial charge in [-0.15, -0.1) is 0 Å². The third-order valence-electron chi connectivity index (χ3n) is 5.77. The van der Waals surface area contributed by atoms with Crippen molar-refractivity contribution in [1.29, 1.82) is 0 Å². The van der Waals surface area contributed by atoms with E-state index in [2.05, 4.69) is 34.3 Å². The number of rotatable bonds is 4. The fourth-order valence-electron chi connectivity index (χ4n) is 3.94. The van der Waals surface area contributed by atoms with Gasteiger partial charge in [0.2, 0.25) is 11.8 Å². The van der Waals surface area contributed by atoms with Crippen LogP contribution < -0.4 is 11.1 Å². The highest BCUT2D eigenvalue weighted by atomic mass is 16.2. The van der Waals surface area contributed by atoms with Gasteiger partial charge in [0.05, 0.1) is 6.04 Å². The summed E-state index contributed by atoms with van der Waals surface area (Å²) in [6.07, 6.45) is 8.37. The lowest BCUT2D eigenvalue weighted by atomic mass is 10.0. The maximum Gasteiger partial charge on any atom is 0.249 e. The Morgan fingerprint density at radius 1 is 1.12 bits per heavy atom. The minimum atomic E-state index is -0.495. The van der Waals surface area contributed by atoms with E-state index >= 15 is 0 Å². The first-order valence-electron chi connectivity index (χ1n) is 10.8. The standard InChI is InChI=1S/C25H27N5O2/c1-16-5-8-27-15-22(16)19-3-4-20-14-28-23(13-21(20)12-19)29-24(31)11-18-6-9-30(10-7-18)25(32)17(2)26/h3-5,8,11-15,17H,6-7,9-10,26H2,1-2H3,(H,28,29,31). The molecule has 1 fully saturated rings. The van der Waals surface area contributed by atoms with Gasteiger partial charge in [0, 0.05) is 48.7 Å². The summed E-state index contributed by atoms with van der Waals surface area (Å²) in [6, 6.07) is 9.53. The number of fused-ring (bicyclic) bond motifs is 1. The predicted octanol–water partition coefficient (Wildman–Crippen LogP) is 3.44. The maximum absolute atomic E-state index is 12.5. The molecule has 1 aliphatic rings. The van der Waals surface area contributed by atoms with Crippen LogP contribution in [-0.2, 0) is 9.59 Å². The number of hydrogen-bond donors (Lipinski definition) is 2. The molecule has 3 N–H and O–H groups in total. The number of carbonyl (C=O) groups excluding carboxylic acids is 2. The molecule has 0 aliphatic carbocycles. The monoisotopic (exact) mass is 429 g/mol. The Morgan fingerprint density at radius 2 is 1.91 bits per heavy atom. The van der Waals surface area contributed by atoms with Crippen molar-refractivity contribution in [1.82, 2.24) is 14.9 Å². The van der Waals surface area contributed by atoms with E-state index in [9.17, 15) is 9.59 Å². The van der Waals surface area contributed by atoms with Crippen LogP contribution in [0.2, 0.25) is 0 Å². The molecule has 1 saturated heterocycles. The maximum atomic E-state index is 12.5. The molecule has 2 amide bonds. The number of aromatic nitrogens is 2. The van der Waals surface area contributed by atoms with Crippen LogP contribution in [0.15, 0.2) is 60.6 Å². The lowest BCUT2D eigenvalue weighted by molar-refractivity contribution is -0.132. The Labute approximate surface area is 187 Å². The summed E-state index contributed by atoms with van der Waals surface area (Å²) in [5.41, 5.74) is 10.0. The van der Waals surface area contributed by atoms with Crippen LogP contribution in [0.4, 0.5) is 5.82 Å². The van der Waals surface area contributed by atoms with Crippen LogP contribution in [0, 0.1) is 6.92 Å². The highest BCUT2D eigenvalue weighted by Crippen LogP contribution is 2.27. The van der Waals surface area contributed by atoms with E-state index in [0.717, 1.165) is 33.0 Å². The SMILES string of the molecule is Cc1ccncc1-c1ccc2cnc(NC(=O)C=C3CCN(C(=O)C(C)N)CC3)cc2c1. The first kappa shape index (κ1) is 21.6. The Hall–Kier alpha value is -3.58. The van der Waals surface area contributed by atoms with E-state index in [1.54, 1.807) is 30.3 Å². The second-order valence-corrected chi connectivity index (χ2v) is 8.23. The van der Waals surface area contributed by atoms with Gasteiger partial charge in [-0.3, -0.25) is 14.6 Å². The van der Waals surface area contributed by atoms with Gasteiger partial charge in [0.1, 0.15) is 5.82 Å². The van der Waals surface area contributed by atoms with Crippen molar-refractivity contribution in [2.24, 2.45) is 5.73 Å². The molecule has 32 heavy (non-hydrogen) atoms. The molecule has 164 valence electrons. The lowest BCUT2D eigenvalue weighted by Crippen LogP contribution is -2.44. The number of nitrogens with one attached hydrogen (secondary N) is 1. The second kappa shape index (κ2) is 9.28. The summed E-state index contributed by atoms with van der Waals surface area (Å²) >= 11 is 0. The number of piperidine rings is 1. The van der Waals surface area contributed by atoms with E-state index in [4.69, 9.17) is 5.73 Å². The van der Waals surface area contributed by atoms with Crippen molar-refractivity contribution < 1.29 is 9.59 Å². The zero-order valence-corrected chi connectivity index (χ0v) is 18.3. The number of hydrogen-bond acceptors (Lipinski definition) is 5. The van der Waals surface area contributed by atoms with Crippen molar-refractivity contribution in [3.8, 4) is 11.1 Å². The number of pyridine rings is 2. The van der Waals surface area contributed by atoms with Gasteiger partial charge in [-0.1, -0.05) is 17.7 Å². The van der Waals surface area contributed by atoms with Crippen molar-refractivity contribution in [2.75, 3.05) is 18.4 Å². The molecule has 3 aromatic rings. The molecular formula is C25H27N5O2. The number of anilines is 1. The van der Waals surface area contributed by atoms with Crippen molar-refractivity contribution in [3.05, 3.63) is 66.1 Å². The van der Waals surface area contributed by atoms with E-state index in [1.165, 1.54) is 0 Å². The van der Waals surface area contributed by atoms with Crippen LogP contribution >= 0.6 is 0 Å². The van der Waals surface area contributed by atoms with Crippen LogP contribution in [0.25, 0.3) is 21.9 Å². The molecule has 4 rings (SSSR count). The summed E-state index contributed by atoms with van der Waals surface area (Å²) in [4.78, 5) is 34.9. The molecule has 1 aromatic carbocycles. The topological polar surface area (TPSA) is 101 Å². The Morgan fingerprint density at radius 3 is 2.62 bits per heavy atom. The molecule has 7 heteroatoms. The molecule has 0 spiro atoms. The third kappa shape index (κ3) is 4.84. The zero-order valence-electron chi connectivity index (χ0n) is 18.3. The van der Waals surface area contributed by atoms with Gasteiger partial charge in [0.25, 0.3) is 0 Å². The molecule has 1 atom stereocenters. The van der Waals surface area contributed by atoms with Crippen LogP contribution in [-0.4, -0.2) is 45.8 Å². The van der Waals surface area contributed by atoms with Gasteiger partial charge >= 0.3 is 0 Å². The van der Waals surface area contributed by atoms with Gasteiger partial charge in [-0.25, -0.2) is 4.98 Å². The Bertz CT molecular complexity index is 1190. The quantitative estimate of drug-likeness (QED) is 0.619. The molecule has 3 heterocycles. The largest absolute Gasteiger partial charge is 0.341 e. The van der Waals surface area contributed by atoms with E-state index in [-0.39, 0.29) is 11.8 Å². The van der Waals surface area contributed by atoms with Crippen molar-refractivity contribution in [2.45, 2.75) is 32.7 Å². The minimum absolute atomic E-state index is 0.0466. The highest BCUT2D eigenvalue weighted by Gasteiger charge is 2.21. The summed E-state index contributed by atoms with van der Waals surface area (Å²) < 4.78 is 0. The summed E-state index contributed by atoms with van der Waals surface area (Å²) in [5, 5.41) is 4.85. The normalized spacial score (nSPS) is 14.8. The first-order valence-corrected chi connectivity index (χ1v) is 10.8. The fourth-order valence-corrected chi connectivity index (χ4v) is 3.94. The molecule has 1 aliphatic heterocycles. The number of benzene rings is 1. The van der Waals surface area contributed by atoms with E-state index in [0.29, 0.717) is 31.7 Å². The molecule has 0 saturated carbocycles. The summed E-state index contributed by atoms with van der Waals surface area (Å²) in [7, 11) is 0. The van der Waals surface area contributed by atoms with E-state index < -0.39 is 6.04 Å². The minimum Gasteiger partial charge on any atom is -0.341 e. The average molecular weight is 430 g/mol. The van der Waals surface area contributed by atoms with Gasteiger partial charge in [-0.05, 0) is 61.4 Å². The summed E-state index contributed by atoms with van der Waals surface area (Å²) in [5.74, 6) is 0.247. The molecule has 1 unspecified atom stereocenters. The van der Waals surface area contributed by atoms with Gasteiger partial charge in [-0.2, -0.15) is 0 Å². The number of carbonyl (C=O) groups is 2. The van der Waals surface area contributed by atoms with Crippen molar-refractivity contribution in [3.63, 3.8) is 0 Å². The molecule has 0 radical (unpaired) electrons. The second-order valence-electron chi connectivity index (χ2n) is 8.23. The highest BCUT2D eigenvalue weighted by molar-refractivity contribution is 6.00. The first-order chi connectivity index (χ1) is 15.4. The van der Waals surface area contributed by atoms with Crippen LogP contribution in [0.3, 0.4) is 0 Å². The number of aryl methyl sites for hydroxylation is 1.